The maximum atomic E-state index is 12.3. The van der Waals surface area contributed by atoms with Crippen molar-refractivity contribution in [3.63, 3.8) is 0 Å². The molecule has 1 aromatic rings. The molecule has 1 aromatic carbocycles. The smallest absolute Gasteiger partial charge is 0.307 e. The summed E-state index contributed by atoms with van der Waals surface area (Å²) in [7, 11) is 0. The zero-order valence-electron chi connectivity index (χ0n) is 11.5. The second kappa shape index (κ2) is 6.37. The highest BCUT2D eigenvalue weighted by Gasteiger charge is 2.33. The number of carbonyl (C=O) groups excluding carboxylic acids is 1. The van der Waals surface area contributed by atoms with Crippen molar-refractivity contribution in [1.29, 1.82) is 0 Å². The van der Waals surface area contributed by atoms with E-state index in [0.717, 1.165) is 17.7 Å². The van der Waals surface area contributed by atoms with Gasteiger partial charge in [-0.25, -0.2) is 0 Å². The Morgan fingerprint density at radius 2 is 1.95 bits per heavy atom. The molecule has 0 aliphatic heterocycles. The van der Waals surface area contributed by atoms with Crippen LogP contribution in [-0.4, -0.2) is 17.0 Å². The van der Waals surface area contributed by atoms with Gasteiger partial charge in [0.1, 0.15) is 0 Å². The summed E-state index contributed by atoms with van der Waals surface area (Å²) in [6.07, 6.45) is 5.51. The fourth-order valence-corrected chi connectivity index (χ4v) is 2.48. The molecule has 0 spiro atoms. The van der Waals surface area contributed by atoms with Crippen molar-refractivity contribution in [2.24, 2.45) is 11.8 Å². The van der Waals surface area contributed by atoms with Crippen LogP contribution in [-0.2, 0) is 16.0 Å². The molecule has 106 valence electrons. The van der Waals surface area contributed by atoms with Gasteiger partial charge in [0, 0.05) is 5.69 Å². The molecule has 2 atom stereocenters. The van der Waals surface area contributed by atoms with Crippen LogP contribution in [0.4, 0.5) is 5.69 Å². The van der Waals surface area contributed by atoms with Crippen molar-refractivity contribution in [3.05, 3.63) is 42.0 Å². The van der Waals surface area contributed by atoms with Crippen LogP contribution in [0.2, 0.25) is 0 Å². The number of carboxylic acid groups (broad SMARTS) is 1. The number of hydrogen-bond acceptors (Lipinski definition) is 2. The van der Waals surface area contributed by atoms with Gasteiger partial charge in [-0.1, -0.05) is 31.2 Å². The lowest BCUT2D eigenvalue weighted by Crippen LogP contribution is -2.34. The number of carbonyl (C=O) groups is 2. The van der Waals surface area contributed by atoms with E-state index in [2.05, 4.69) is 5.32 Å². The van der Waals surface area contributed by atoms with E-state index in [-0.39, 0.29) is 5.91 Å². The van der Waals surface area contributed by atoms with Crippen LogP contribution in [0.3, 0.4) is 0 Å². The highest BCUT2D eigenvalue weighted by Crippen LogP contribution is 2.27. The van der Waals surface area contributed by atoms with Crippen molar-refractivity contribution in [1.82, 2.24) is 0 Å². The fourth-order valence-electron chi connectivity index (χ4n) is 2.48. The second-order valence-electron chi connectivity index (χ2n) is 5.04. The Morgan fingerprint density at radius 3 is 2.60 bits per heavy atom. The van der Waals surface area contributed by atoms with E-state index >= 15 is 0 Å². The summed E-state index contributed by atoms with van der Waals surface area (Å²) >= 11 is 0. The predicted octanol–water partition coefficient (Wildman–Crippen LogP) is 2.85. The van der Waals surface area contributed by atoms with Gasteiger partial charge in [-0.05, 0) is 37.0 Å². The van der Waals surface area contributed by atoms with E-state index in [0.29, 0.717) is 12.8 Å². The zero-order chi connectivity index (χ0) is 14.5. The lowest BCUT2D eigenvalue weighted by molar-refractivity contribution is -0.146. The summed E-state index contributed by atoms with van der Waals surface area (Å²) in [4.78, 5) is 23.5. The minimum absolute atomic E-state index is 0.213. The van der Waals surface area contributed by atoms with Gasteiger partial charge in [0.15, 0.2) is 0 Å². The molecule has 0 bridgehead atoms. The number of anilines is 1. The molecule has 2 rings (SSSR count). The van der Waals surface area contributed by atoms with E-state index < -0.39 is 17.8 Å². The molecule has 20 heavy (non-hydrogen) atoms. The van der Waals surface area contributed by atoms with Gasteiger partial charge < -0.3 is 10.4 Å². The number of rotatable bonds is 4. The summed E-state index contributed by atoms with van der Waals surface area (Å²) in [5, 5.41) is 12.0. The molecule has 4 nitrogen and oxygen atoms in total. The van der Waals surface area contributed by atoms with E-state index in [9.17, 15) is 14.7 Å². The highest BCUT2D eigenvalue weighted by atomic mass is 16.4. The molecule has 2 N–H and O–H groups in total. The van der Waals surface area contributed by atoms with Crippen LogP contribution in [0.5, 0.6) is 0 Å². The Kier molecular flexibility index (Phi) is 4.56. The number of aryl methyl sites for hydroxylation is 1. The second-order valence-corrected chi connectivity index (χ2v) is 5.04. The van der Waals surface area contributed by atoms with Crippen molar-refractivity contribution >= 4 is 17.6 Å². The van der Waals surface area contributed by atoms with E-state index in [1.807, 2.05) is 43.3 Å². The SMILES string of the molecule is CCc1cccc(NC(=O)[C@@H]2CC=CC[C@H]2C(=O)O)c1. The first-order chi connectivity index (χ1) is 9.61. The van der Waals surface area contributed by atoms with Gasteiger partial charge in [-0.15, -0.1) is 0 Å². The molecule has 0 unspecified atom stereocenters. The third kappa shape index (κ3) is 3.26. The molecule has 0 heterocycles. The van der Waals surface area contributed by atoms with Gasteiger partial charge in [0.25, 0.3) is 0 Å². The third-order valence-electron chi connectivity index (χ3n) is 3.69. The van der Waals surface area contributed by atoms with Gasteiger partial charge >= 0.3 is 5.97 Å². The van der Waals surface area contributed by atoms with Gasteiger partial charge in [0.05, 0.1) is 11.8 Å². The van der Waals surface area contributed by atoms with Crippen LogP contribution in [0, 0.1) is 11.8 Å². The lowest BCUT2D eigenvalue weighted by Gasteiger charge is -2.24. The number of allylic oxidation sites excluding steroid dienone is 2. The molecule has 0 saturated carbocycles. The van der Waals surface area contributed by atoms with Crippen molar-refractivity contribution in [3.8, 4) is 0 Å². The largest absolute Gasteiger partial charge is 0.481 e. The first-order valence-corrected chi connectivity index (χ1v) is 6.89. The number of hydrogen-bond donors (Lipinski definition) is 2. The Balaban J connectivity index is 2.10. The summed E-state index contributed by atoms with van der Waals surface area (Å²) in [5.74, 6) is -2.25. The van der Waals surface area contributed by atoms with Crippen molar-refractivity contribution in [2.45, 2.75) is 26.2 Å². The summed E-state index contributed by atoms with van der Waals surface area (Å²) in [6.45, 7) is 2.05. The highest BCUT2D eigenvalue weighted by molar-refractivity contribution is 5.95. The normalized spacial score (nSPS) is 21.4. The number of benzene rings is 1. The maximum absolute atomic E-state index is 12.3. The molecule has 0 fully saturated rings. The molecule has 4 heteroatoms. The Hall–Kier alpha value is -2.10. The van der Waals surface area contributed by atoms with Gasteiger partial charge in [-0.2, -0.15) is 0 Å². The van der Waals surface area contributed by atoms with E-state index in [4.69, 9.17) is 0 Å². The van der Waals surface area contributed by atoms with Crippen LogP contribution < -0.4 is 5.32 Å². The minimum Gasteiger partial charge on any atom is -0.481 e. The zero-order valence-corrected chi connectivity index (χ0v) is 11.5. The van der Waals surface area contributed by atoms with Crippen LogP contribution >= 0.6 is 0 Å². The summed E-state index contributed by atoms with van der Waals surface area (Å²) in [5.41, 5.74) is 1.87. The van der Waals surface area contributed by atoms with Crippen LogP contribution in [0.25, 0.3) is 0 Å². The molecular weight excluding hydrogens is 254 g/mol. The summed E-state index contributed by atoms with van der Waals surface area (Å²) in [6, 6.07) is 7.64. The number of carboxylic acids is 1. The molecule has 1 amide bonds. The van der Waals surface area contributed by atoms with Gasteiger partial charge in [0.2, 0.25) is 5.91 Å². The summed E-state index contributed by atoms with van der Waals surface area (Å²) < 4.78 is 0. The molecule has 1 aliphatic carbocycles. The number of amides is 1. The fraction of sp³-hybridized carbons (Fsp3) is 0.375. The molecule has 0 aromatic heterocycles. The van der Waals surface area contributed by atoms with Crippen molar-refractivity contribution < 1.29 is 14.7 Å². The predicted molar refractivity (Wildman–Crippen MR) is 77.4 cm³/mol. The first-order valence-electron chi connectivity index (χ1n) is 6.89. The Morgan fingerprint density at radius 1 is 1.25 bits per heavy atom. The molecule has 0 radical (unpaired) electrons. The first kappa shape index (κ1) is 14.3. The lowest BCUT2D eigenvalue weighted by atomic mass is 9.82. The minimum atomic E-state index is -0.906. The van der Waals surface area contributed by atoms with Crippen molar-refractivity contribution in [2.75, 3.05) is 5.32 Å². The monoisotopic (exact) mass is 273 g/mol. The Bertz CT molecular complexity index is 536. The molecule has 0 saturated heterocycles. The number of nitrogens with one attached hydrogen (secondary N) is 1. The molecular formula is C16H19NO3. The maximum Gasteiger partial charge on any atom is 0.307 e. The van der Waals surface area contributed by atoms with E-state index in [1.54, 1.807) is 0 Å². The van der Waals surface area contributed by atoms with Crippen LogP contribution in [0.1, 0.15) is 25.3 Å². The average molecular weight is 273 g/mol. The standard InChI is InChI=1S/C16H19NO3/c1-2-11-6-5-7-12(10-11)17-15(18)13-8-3-4-9-14(13)16(19)20/h3-7,10,13-14H,2,8-9H2,1H3,(H,17,18)(H,19,20)/t13-,14-/m1/s1. The van der Waals surface area contributed by atoms with Crippen LogP contribution in [0.15, 0.2) is 36.4 Å². The topological polar surface area (TPSA) is 66.4 Å². The third-order valence-corrected chi connectivity index (χ3v) is 3.69. The van der Waals surface area contributed by atoms with E-state index in [1.165, 1.54) is 0 Å². The number of aliphatic carboxylic acids is 1. The molecule has 1 aliphatic rings. The quantitative estimate of drug-likeness (QED) is 0.829. The Labute approximate surface area is 118 Å². The average Bonchev–Trinajstić information content (AvgIpc) is 2.47. The van der Waals surface area contributed by atoms with Gasteiger partial charge in [-0.3, -0.25) is 9.59 Å².